The van der Waals surface area contributed by atoms with Crippen LogP contribution in [0.2, 0.25) is 0 Å². The zero-order valence-electron chi connectivity index (χ0n) is 2.81. The largest absolute Gasteiger partial charge is 0 e. The molecule has 0 bridgehead atoms. The molecule has 0 unspecified atom stereocenters. The Morgan fingerprint density at radius 1 is 1.00 bits per heavy atom. The van der Waals surface area contributed by atoms with Crippen LogP contribution >= 0.6 is 0 Å². The summed E-state index contributed by atoms with van der Waals surface area (Å²) >= 11 is 0. The van der Waals surface area contributed by atoms with Crippen LogP contribution < -0.4 is 0 Å². The summed E-state index contributed by atoms with van der Waals surface area (Å²) in [5.74, 6) is 0. The van der Waals surface area contributed by atoms with Gasteiger partial charge in [-0.1, -0.05) is 0 Å². The average Bonchev–Trinajstić information content (AvgIpc) is 0. The van der Waals surface area contributed by atoms with Crippen molar-refractivity contribution in [1.29, 1.82) is 0 Å². The van der Waals surface area contributed by atoms with Gasteiger partial charge in [-0.05, 0) is 0 Å². The standard InChI is InChI=1S/Al.Bi.In.Mg.Sn. The molecular weight excluding hydrogens is 494 g/mol. The van der Waals surface area contributed by atoms with E-state index in [1.54, 1.807) is 0 Å². The molecule has 5 heteroatoms. The molecule has 0 atom stereocenters. The third kappa shape index (κ3) is 18.1. The third-order valence-corrected chi connectivity index (χ3v) is 0. The van der Waals surface area contributed by atoms with Crippen molar-refractivity contribution < 1.29 is 0 Å². The molecule has 0 N–H and O–H groups in total. The Bertz CT molecular complexity index is 11.6. The Morgan fingerprint density at radius 3 is 1.00 bits per heavy atom. The summed E-state index contributed by atoms with van der Waals surface area (Å²) in [6.07, 6.45) is 0. The minimum Gasteiger partial charge on any atom is 0 e. The second-order valence-electron chi connectivity index (χ2n) is 0. The van der Waals surface area contributed by atoms with Crippen molar-refractivity contribution in [1.82, 2.24) is 0 Å². The Kier molecular flexibility index (Phi) is 183. The molecule has 0 aliphatic heterocycles. The monoisotopic (exact) mass is 495 g/mol. The first-order chi connectivity index (χ1) is 0. The quantitative estimate of drug-likeness (QED) is 0.346. The van der Waals surface area contributed by atoms with E-state index in [0.717, 1.165) is 0 Å². The molecule has 15 radical (unpaired) electrons. The van der Waals surface area contributed by atoms with E-state index >= 15 is 0 Å². The fourth-order valence-electron chi connectivity index (χ4n) is 0. The number of hydrogen-bond acceptors (Lipinski definition) is 0. The molecule has 0 saturated carbocycles. The van der Waals surface area contributed by atoms with Gasteiger partial charge in [0.2, 0.25) is 0 Å². The van der Waals surface area contributed by atoms with Gasteiger partial charge in [0.1, 0.15) is 0 Å². The van der Waals surface area contributed by atoms with Crippen molar-refractivity contribution >= 4 is 116 Å². The van der Waals surface area contributed by atoms with Crippen LogP contribution in [-0.2, 0) is 0 Å². The van der Waals surface area contributed by atoms with Crippen LogP contribution in [0.4, 0.5) is 0 Å². The summed E-state index contributed by atoms with van der Waals surface area (Å²) in [4.78, 5) is 0. The van der Waals surface area contributed by atoms with E-state index < -0.39 is 0 Å². The summed E-state index contributed by atoms with van der Waals surface area (Å²) in [7, 11) is 0. The van der Waals surface area contributed by atoms with Gasteiger partial charge >= 0.3 is 0 Å². The molecule has 0 aliphatic carbocycles. The maximum atomic E-state index is 0. The van der Waals surface area contributed by atoms with Crippen LogP contribution in [0, 0.1) is 0 Å². The SMILES string of the molecule is [Al].[Bi].[In].[Mg].[Sn]. The van der Waals surface area contributed by atoms with Crippen LogP contribution in [0.25, 0.3) is 0 Å². The van der Waals surface area contributed by atoms with E-state index in [0.29, 0.717) is 0 Å². The molecule has 0 spiro atoms. The Balaban J connectivity index is 0. The molecule has 0 rings (SSSR count). The van der Waals surface area contributed by atoms with Crippen molar-refractivity contribution in [2.75, 3.05) is 0 Å². The summed E-state index contributed by atoms with van der Waals surface area (Å²) in [6.45, 7) is 0. The van der Waals surface area contributed by atoms with Crippen molar-refractivity contribution in [3.63, 3.8) is 0 Å². The van der Waals surface area contributed by atoms with Gasteiger partial charge in [0.05, 0.1) is 0 Å². The van der Waals surface area contributed by atoms with Gasteiger partial charge in [-0.2, -0.15) is 0 Å². The molecule has 0 aromatic rings. The third-order valence-electron chi connectivity index (χ3n) is 0. The van der Waals surface area contributed by atoms with E-state index in [2.05, 4.69) is 0 Å². The van der Waals surface area contributed by atoms with Crippen molar-refractivity contribution in [3.8, 4) is 0 Å². The Morgan fingerprint density at radius 2 is 1.00 bits per heavy atom. The van der Waals surface area contributed by atoms with E-state index in [1.807, 2.05) is 0 Å². The fourth-order valence-corrected chi connectivity index (χ4v) is 0. The molecule has 0 fully saturated rings. The molecule has 0 aromatic carbocycles. The normalized spacial score (nSPS) is 0. The maximum absolute atomic E-state index is 0. The minimum absolute atomic E-state index is 0. The van der Waals surface area contributed by atoms with Crippen LogP contribution in [0.1, 0.15) is 0 Å². The molecule has 0 nitrogen and oxygen atoms in total. The molecule has 0 aromatic heterocycles. The smallest absolute Gasteiger partial charge is 0 e. The molecule has 0 saturated heterocycles. The topological polar surface area (TPSA) is 0 Å². The van der Waals surface area contributed by atoms with Crippen molar-refractivity contribution in [2.24, 2.45) is 0 Å². The van der Waals surface area contributed by atoms with Crippen molar-refractivity contribution in [2.45, 2.75) is 0 Å². The van der Waals surface area contributed by atoms with E-state index in [1.165, 1.54) is 0 Å². The summed E-state index contributed by atoms with van der Waals surface area (Å²) in [6, 6.07) is 0. The summed E-state index contributed by atoms with van der Waals surface area (Å²) < 4.78 is 0. The molecular formula is AlBiInMgSn. The average molecular weight is 494 g/mol. The van der Waals surface area contributed by atoms with E-state index in [9.17, 15) is 0 Å². The van der Waals surface area contributed by atoms with Crippen LogP contribution in [0.3, 0.4) is 0 Å². The first-order valence-electron chi connectivity index (χ1n) is 0. The Labute approximate surface area is 114 Å². The van der Waals surface area contributed by atoms with E-state index in [-0.39, 0.29) is 116 Å². The van der Waals surface area contributed by atoms with Gasteiger partial charge in [-0.15, -0.1) is 0 Å². The minimum atomic E-state index is 0. The fraction of sp³-hybridized carbons (Fsp3) is 0. The van der Waals surface area contributed by atoms with Gasteiger partial charge in [0.15, 0.2) is 0 Å². The van der Waals surface area contributed by atoms with Crippen molar-refractivity contribution in [3.05, 3.63) is 0 Å². The van der Waals surface area contributed by atoms with Gasteiger partial charge in [0, 0.05) is 116 Å². The first kappa shape index (κ1) is 36.8. The molecule has 0 amide bonds. The maximum Gasteiger partial charge on any atom is 0 e. The predicted octanol–water partition coefficient (Wildman–Crippen LogP) is -1.90. The van der Waals surface area contributed by atoms with Crippen LogP contribution in [0.5, 0.6) is 0 Å². The molecule has 0 aliphatic rings. The molecule has 0 heterocycles. The van der Waals surface area contributed by atoms with Gasteiger partial charge in [-0.25, -0.2) is 0 Å². The van der Waals surface area contributed by atoms with Crippen LogP contribution in [0.15, 0.2) is 0 Å². The van der Waals surface area contributed by atoms with Gasteiger partial charge in [0.25, 0.3) is 0 Å². The van der Waals surface area contributed by atoms with Crippen LogP contribution in [-0.4, -0.2) is 116 Å². The second-order valence-corrected chi connectivity index (χ2v) is 0. The predicted molar refractivity (Wildman–Crippen MR) is 28.8 cm³/mol. The zero-order chi connectivity index (χ0) is 0. The first-order valence-corrected chi connectivity index (χ1v) is 0. The summed E-state index contributed by atoms with van der Waals surface area (Å²) in [5.41, 5.74) is 0. The van der Waals surface area contributed by atoms with Gasteiger partial charge in [-0.3, -0.25) is 0 Å². The van der Waals surface area contributed by atoms with Gasteiger partial charge < -0.3 is 0 Å². The molecule has 17 valence electrons. The summed E-state index contributed by atoms with van der Waals surface area (Å²) in [5, 5.41) is 0. The number of rotatable bonds is 0. The Hall–Kier alpha value is 3.85. The second kappa shape index (κ2) is 24.8. The molecule has 5 heavy (non-hydrogen) atoms. The zero-order valence-corrected chi connectivity index (χ0v) is 15.0. The van der Waals surface area contributed by atoms with E-state index in [4.69, 9.17) is 0 Å². The number of hydrogen-bond donors (Lipinski definition) is 0.